The van der Waals surface area contributed by atoms with E-state index in [-0.39, 0.29) is 0 Å². The molecule has 3 nitrogen and oxygen atoms in total. The Morgan fingerprint density at radius 1 is 1.44 bits per heavy atom. The minimum absolute atomic E-state index is 0.711. The van der Waals surface area contributed by atoms with Gasteiger partial charge in [0, 0.05) is 19.1 Å². The minimum atomic E-state index is 0.711. The molecule has 0 bridgehead atoms. The van der Waals surface area contributed by atoms with E-state index in [1.807, 2.05) is 6.08 Å². The molecule has 106 valence electrons. The Labute approximate surface area is 113 Å². The van der Waals surface area contributed by atoms with Crippen LogP contribution in [-0.4, -0.2) is 50.3 Å². The topological polar surface area (TPSA) is 24.5 Å². The van der Waals surface area contributed by atoms with E-state index < -0.39 is 0 Å². The zero-order valence-corrected chi connectivity index (χ0v) is 12.2. The van der Waals surface area contributed by atoms with E-state index in [4.69, 9.17) is 4.74 Å². The van der Waals surface area contributed by atoms with Crippen LogP contribution in [0.15, 0.2) is 12.7 Å². The molecule has 1 N–H and O–H groups in total. The second kappa shape index (κ2) is 9.54. The molecular weight excluding hydrogens is 224 g/mol. The molecule has 1 fully saturated rings. The predicted octanol–water partition coefficient (Wildman–Crippen LogP) is 2.29. The number of rotatable bonds is 9. The van der Waals surface area contributed by atoms with Crippen molar-refractivity contribution >= 4 is 0 Å². The summed E-state index contributed by atoms with van der Waals surface area (Å²) < 4.78 is 5.58. The lowest BCUT2D eigenvalue weighted by Crippen LogP contribution is -2.49. The molecule has 0 spiro atoms. The Balaban J connectivity index is 2.10. The van der Waals surface area contributed by atoms with E-state index in [0.717, 1.165) is 38.6 Å². The number of piperidine rings is 1. The van der Waals surface area contributed by atoms with Gasteiger partial charge in [0.1, 0.15) is 0 Å². The standard InChI is InChI=1S/C15H30N2O/c1-4-6-11-18-12-10-17-9-7-15(14(3)13-17)16-8-5-2/h4,14-16H,1,5-13H2,2-3H3. The van der Waals surface area contributed by atoms with Gasteiger partial charge in [-0.05, 0) is 38.3 Å². The van der Waals surface area contributed by atoms with Crippen molar-refractivity contribution in [2.45, 2.75) is 39.2 Å². The Kier molecular flexibility index (Phi) is 8.31. The third kappa shape index (κ3) is 5.98. The van der Waals surface area contributed by atoms with Crippen LogP contribution in [0, 0.1) is 5.92 Å². The lowest BCUT2D eigenvalue weighted by Gasteiger charge is -2.37. The van der Waals surface area contributed by atoms with E-state index in [9.17, 15) is 0 Å². The van der Waals surface area contributed by atoms with Crippen LogP contribution in [0.5, 0.6) is 0 Å². The molecule has 0 saturated carbocycles. The number of hydrogen-bond donors (Lipinski definition) is 1. The first-order valence-electron chi connectivity index (χ1n) is 7.42. The lowest BCUT2D eigenvalue weighted by atomic mass is 9.94. The molecule has 1 saturated heterocycles. The molecule has 1 heterocycles. The van der Waals surface area contributed by atoms with E-state index in [0.29, 0.717) is 6.04 Å². The molecule has 3 heteroatoms. The molecule has 0 radical (unpaired) electrons. The van der Waals surface area contributed by atoms with Crippen molar-refractivity contribution in [3.8, 4) is 0 Å². The number of nitrogens with one attached hydrogen (secondary N) is 1. The fraction of sp³-hybridized carbons (Fsp3) is 0.867. The Hall–Kier alpha value is -0.380. The molecule has 1 aliphatic heterocycles. The van der Waals surface area contributed by atoms with Crippen molar-refractivity contribution < 1.29 is 4.74 Å². The molecule has 1 rings (SSSR count). The van der Waals surface area contributed by atoms with Crippen molar-refractivity contribution in [3.05, 3.63) is 12.7 Å². The van der Waals surface area contributed by atoms with E-state index in [1.165, 1.54) is 25.9 Å². The summed E-state index contributed by atoms with van der Waals surface area (Å²) in [6.45, 7) is 14.6. The van der Waals surface area contributed by atoms with Gasteiger partial charge in [0.15, 0.2) is 0 Å². The molecule has 18 heavy (non-hydrogen) atoms. The van der Waals surface area contributed by atoms with Crippen LogP contribution in [-0.2, 0) is 4.74 Å². The monoisotopic (exact) mass is 254 g/mol. The van der Waals surface area contributed by atoms with Gasteiger partial charge in [0.05, 0.1) is 13.2 Å². The Morgan fingerprint density at radius 3 is 2.94 bits per heavy atom. The Morgan fingerprint density at radius 2 is 2.28 bits per heavy atom. The average molecular weight is 254 g/mol. The summed E-state index contributed by atoms with van der Waals surface area (Å²) in [6.07, 6.45) is 5.37. The van der Waals surface area contributed by atoms with Crippen LogP contribution in [0.4, 0.5) is 0 Å². The summed E-state index contributed by atoms with van der Waals surface area (Å²) >= 11 is 0. The minimum Gasteiger partial charge on any atom is -0.380 e. The quantitative estimate of drug-likeness (QED) is 0.505. The summed E-state index contributed by atoms with van der Waals surface area (Å²) in [5.41, 5.74) is 0. The molecule has 0 amide bonds. The molecule has 0 aromatic rings. The SMILES string of the molecule is C=CCCOCCN1CCC(NCCC)C(C)C1. The molecule has 0 aromatic carbocycles. The van der Waals surface area contributed by atoms with Gasteiger partial charge in [-0.25, -0.2) is 0 Å². The first-order valence-corrected chi connectivity index (χ1v) is 7.42. The van der Waals surface area contributed by atoms with Crippen molar-refractivity contribution in [2.75, 3.05) is 39.4 Å². The highest BCUT2D eigenvalue weighted by atomic mass is 16.5. The number of hydrogen-bond acceptors (Lipinski definition) is 3. The van der Waals surface area contributed by atoms with Crippen molar-refractivity contribution in [2.24, 2.45) is 5.92 Å². The van der Waals surface area contributed by atoms with Crippen molar-refractivity contribution in [3.63, 3.8) is 0 Å². The van der Waals surface area contributed by atoms with E-state index in [2.05, 4.69) is 30.6 Å². The van der Waals surface area contributed by atoms with Crippen LogP contribution in [0.2, 0.25) is 0 Å². The van der Waals surface area contributed by atoms with E-state index >= 15 is 0 Å². The predicted molar refractivity (Wildman–Crippen MR) is 77.9 cm³/mol. The van der Waals surface area contributed by atoms with Crippen molar-refractivity contribution in [1.29, 1.82) is 0 Å². The summed E-state index contributed by atoms with van der Waals surface area (Å²) in [4.78, 5) is 2.53. The molecule has 2 unspecified atom stereocenters. The van der Waals surface area contributed by atoms with Crippen LogP contribution < -0.4 is 5.32 Å². The third-order valence-corrected chi connectivity index (χ3v) is 3.66. The number of likely N-dealkylation sites (tertiary alicyclic amines) is 1. The van der Waals surface area contributed by atoms with Crippen LogP contribution in [0.3, 0.4) is 0 Å². The molecule has 2 atom stereocenters. The first-order chi connectivity index (χ1) is 8.77. The highest BCUT2D eigenvalue weighted by molar-refractivity contribution is 4.82. The zero-order valence-electron chi connectivity index (χ0n) is 12.2. The number of ether oxygens (including phenoxy) is 1. The van der Waals surface area contributed by atoms with Crippen LogP contribution in [0.25, 0.3) is 0 Å². The second-order valence-electron chi connectivity index (χ2n) is 5.32. The molecule has 0 aromatic heterocycles. The average Bonchev–Trinajstić information content (AvgIpc) is 2.37. The van der Waals surface area contributed by atoms with E-state index in [1.54, 1.807) is 0 Å². The summed E-state index contributed by atoms with van der Waals surface area (Å²) in [6, 6.07) is 0.711. The van der Waals surface area contributed by atoms with Crippen LogP contribution >= 0.6 is 0 Å². The van der Waals surface area contributed by atoms with Gasteiger partial charge in [-0.2, -0.15) is 0 Å². The van der Waals surface area contributed by atoms with Crippen molar-refractivity contribution in [1.82, 2.24) is 10.2 Å². The fourth-order valence-corrected chi connectivity index (χ4v) is 2.53. The van der Waals surface area contributed by atoms with Gasteiger partial charge < -0.3 is 15.0 Å². The summed E-state index contributed by atoms with van der Waals surface area (Å²) in [5, 5.41) is 3.66. The molecule has 1 aliphatic rings. The van der Waals surface area contributed by atoms with Gasteiger partial charge >= 0.3 is 0 Å². The molecular formula is C15H30N2O. The molecule has 0 aliphatic carbocycles. The maximum absolute atomic E-state index is 5.58. The highest BCUT2D eigenvalue weighted by Gasteiger charge is 2.24. The number of nitrogens with zero attached hydrogens (tertiary/aromatic N) is 1. The normalized spacial score (nSPS) is 25.2. The van der Waals surface area contributed by atoms with Crippen LogP contribution in [0.1, 0.15) is 33.1 Å². The third-order valence-electron chi connectivity index (χ3n) is 3.66. The van der Waals surface area contributed by atoms with Gasteiger partial charge in [0.2, 0.25) is 0 Å². The van der Waals surface area contributed by atoms with Gasteiger partial charge in [-0.1, -0.05) is 19.9 Å². The van der Waals surface area contributed by atoms with Gasteiger partial charge in [-0.3, -0.25) is 0 Å². The first kappa shape index (κ1) is 15.7. The Bertz CT molecular complexity index is 221. The maximum Gasteiger partial charge on any atom is 0.0593 e. The van der Waals surface area contributed by atoms with Gasteiger partial charge in [-0.15, -0.1) is 6.58 Å². The second-order valence-corrected chi connectivity index (χ2v) is 5.32. The summed E-state index contributed by atoms with van der Waals surface area (Å²) in [7, 11) is 0. The fourth-order valence-electron chi connectivity index (χ4n) is 2.53. The highest BCUT2D eigenvalue weighted by Crippen LogP contribution is 2.16. The van der Waals surface area contributed by atoms with Gasteiger partial charge in [0.25, 0.3) is 0 Å². The zero-order chi connectivity index (χ0) is 13.2. The largest absolute Gasteiger partial charge is 0.380 e. The lowest BCUT2D eigenvalue weighted by molar-refractivity contribution is 0.0800. The maximum atomic E-state index is 5.58. The smallest absolute Gasteiger partial charge is 0.0593 e. The summed E-state index contributed by atoms with van der Waals surface area (Å²) in [5.74, 6) is 0.749.